The zero-order valence-electron chi connectivity index (χ0n) is 18.6. The van der Waals surface area contributed by atoms with Gasteiger partial charge in [0.2, 0.25) is 0 Å². The lowest BCUT2D eigenvalue weighted by Gasteiger charge is -2.29. The predicted octanol–water partition coefficient (Wildman–Crippen LogP) is 5.67. The lowest BCUT2D eigenvalue weighted by atomic mass is 9.91. The van der Waals surface area contributed by atoms with Gasteiger partial charge in [0.15, 0.2) is 17.3 Å². The highest BCUT2D eigenvalue weighted by Crippen LogP contribution is 2.53. The molecular formula is C24H23ClN4O3. The molecule has 7 nitrogen and oxygen atoms in total. The van der Waals surface area contributed by atoms with Crippen molar-refractivity contribution in [1.29, 1.82) is 0 Å². The lowest BCUT2D eigenvalue weighted by Crippen LogP contribution is -2.18. The highest BCUT2D eigenvalue weighted by Gasteiger charge is 2.35. The zero-order chi connectivity index (χ0) is 22.6. The van der Waals surface area contributed by atoms with Crippen molar-refractivity contribution in [2.75, 3.05) is 14.2 Å². The topological polar surface area (TPSA) is 75.2 Å². The lowest BCUT2D eigenvalue weighted by molar-refractivity contribution is 0.354. The zero-order valence-corrected chi connectivity index (χ0v) is 19.3. The van der Waals surface area contributed by atoms with Crippen molar-refractivity contribution in [2.24, 2.45) is 0 Å². The van der Waals surface area contributed by atoms with Crippen LogP contribution in [0.3, 0.4) is 0 Å². The van der Waals surface area contributed by atoms with Gasteiger partial charge >= 0.3 is 0 Å². The first kappa shape index (κ1) is 20.6. The Morgan fingerprint density at radius 3 is 2.50 bits per heavy atom. The van der Waals surface area contributed by atoms with Crippen molar-refractivity contribution in [2.45, 2.75) is 33.2 Å². The molecule has 1 unspecified atom stereocenters. The summed E-state index contributed by atoms with van der Waals surface area (Å²) in [5, 5.41) is 4.63. The summed E-state index contributed by atoms with van der Waals surface area (Å²) in [7, 11) is 3.21. The van der Waals surface area contributed by atoms with Gasteiger partial charge in [-0.05, 0) is 56.5 Å². The number of halogens is 1. The fraction of sp³-hybridized carbons (Fsp3) is 0.292. The van der Waals surface area contributed by atoms with Crippen LogP contribution in [-0.2, 0) is 6.42 Å². The van der Waals surface area contributed by atoms with Gasteiger partial charge < -0.3 is 18.6 Å². The molecule has 5 rings (SSSR count). The summed E-state index contributed by atoms with van der Waals surface area (Å²) in [6, 6.07) is 6.13. The fourth-order valence-corrected chi connectivity index (χ4v) is 5.14. The van der Waals surface area contributed by atoms with E-state index in [2.05, 4.69) is 33.5 Å². The number of fused-ring (bicyclic) bond motifs is 3. The van der Waals surface area contributed by atoms with Crippen LogP contribution in [0.1, 0.15) is 30.0 Å². The second kappa shape index (κ2) is 7.67. The monoisotopic (exact) mass is 450 g/mol. The summed E-state index contributed by atoms with van der Waals surface area (Å²) in [4.78, 5) is 8.78. The first-order valence-corrected chi connectivity index (χ1v) is 10.7. The van der Waals surface area contributed by atoms with E-state index in [4.69, 9.17) is 25.6 Å². The number of nitrogens with zero attached hydrogens (tertiary/aromatic N) is 4. The van der Waals surface area contributed by atoms with Gasteiger partial charge in [-0.2, -0.15) is 4.98 Å². The maximum absolute atomic E-state index is 6.83. The molecule has 0 saturated carbocycles. The molecule has 0 aliphatic carbocycles. The third-order valence-corrected chi connectivity index (χ3v) is 6.47. The van der Waals surface area contributed by atoms with Crippen molar-refractivity contribution in [3.8, 4) is 45.3 Å². The molecule has 0 bridgehead atoms. The minimum absolute atomic E-state index is 0.159. The third-order valence-electron chi connectivity index (χ3n) is 6.07. The van der Waals surface area contributed by atoms with E-state index in [1.807, 2.05) is 25.1 Å². The molecule has 0 N–H and O–H groups in total. The van der Waals surface area contributed by atoms with Gasteiger partial charge in [0, 0.05) is 35.3 Å². The van der Waals surface area contributed by atoms with Crippen LogP contribution in [0, 0.1) is 13.8 Å². The van der Waals surface area contributed by atoms with Gasteiger partial charge in [-0.3, -0.25) is 4.98 Å². The van der Waals surface area contributed by atoms with E-state index in [9.17, 15) is 0 Å². The van der Waals surface area contributed by atoms with Gasteiger partial charge in [0.1, 0.15) is 0 Å². The average Bonchev–Trinajstić information content (AvgIpc) is 3.36. The number of benzene rings is 1. The van der Waals surface area contributed by atoms with E-state index in [0.717, 1.165) is 45.6 Å². The summed E-state index contributed by atoms with van der Waals surface area (Å²) < 4.78 is 19.2. The second-order valence-electron chi connectivity index (χ2n) is 7.94. The van der Waals surface area contributed by atoms with Crippen molar-refractivity contribution in [1.82, 2.24) is 19.7 Å². The number of methoxy groups -OCH3 is 2. The van der Waals surface area contributed by atoms with Crippen molar-refractivity contribution < 1.29 is 14.0 Å². The first-order chi connectivity index (χ1) is 15.5. The van der Waals surface area contributed by atoms with E-state index in [-0.39, 0.29) is 6.04 Å². The smallest absolute Gasteiger partial charge is 0.260 e. The van der Waals surface area contributed by atoms with E-state index < -0.39 is 0 Å². The van der Waals surface area contributed by atoms with Crippen LogP contribution in [-0.4, -0.2) is 33.9 Å². The normalized spacial score (nSPS) is 14.8. The van der Waals surface area contributed by atoms with Crippen LogP contribution < -0.4 is 9.47 Å². The molecule has 0 fully saturated rings. The SMILES string of the molecule is COc1cc2c(c(Cl)c1OC)CC(C)n1c(C)c(-c3ccncc3)c(-c3nc(C)no3)c1-2. The highest BCUT2D eigenvalue weighted by molar-refractivity contribution is 6.33. The van der Waals surface area contributed by atoms with Crippen molar-refractivity contribution in [3.05, 3.63) is 52.7 Å². The van der Waals surface area contributed by atoms with Crippen LogP contribution in [0.4, 0.5) is 0 Å². The number of hydrogen-bond acceptors (Lipinski definition) is 6. The Bertz CT molecular complexity index is 1330. The molecular weight excluding hydrogens is 428 g/mol. The Morgan fingerprint density at radius 1 is 1.12 bits per heavy atom. The Balaban J connectivity index is 1.93. The van der Waals surface area contributed by atoms with E-state index in [0.29, 0.717) is 28.2 Å². The van der Waals surface area contributed by atoms with Gasteiger partial charge in [0.25, 0.3) is 5.89 Å². The maximum Gasteiger partial charge on any atom is 0.260 e. The second-order valence-corrected chi connectivity index (χ2v) is 8.32. The minimum Gasteiger partial charge on any atom is -0.493 e. The molecule has 1 aliphatic heterocycles. The quantitative estimate of drug-likeness (QED) is 0.398. The van der Waals surface area contributed by atoms with E-state index in [1.165, 1.54) is 0 Å². The van der Waals surface area contributed by atoms with Crippen LogP contribution >= 0.6 is 11.6 Å². The molecule has 8 heteroatoms. The molecule has 4 aromatic rings. The summed E-state index contributed by atoms with van der Waals surface area (Å²) in [6.07, 6.45) is 4.34. The highest BCUT2D eigenvalue weighted by atomic mass is 35.5. The van der Waals surface area contributed by atoms with Crippen LogP contribution in [0.25, 0.3) is 33.8 Å². The minimum atomic E-state index is 0.159. The number of hydrogen-bond donors (Lipinski definition) is 0. The molecule has 0 spiro atoms. The van der Waals surface area contributed by atoms with Gasteiger partial charge in [-0.25, -0.2) is 0 Å². The first-order valence-electron chi connectivity index (χ1n) is 10.4. The van der Waals surface area contributed by atoms with Gasteiger partial charge in [-0.15, -0.1) is 0 Å². The maximum atomic E-state index is 6.83. The summed E-state index contributed by atoms with van der Waals surface area (Å²) in [5.74, 6) is 2.17. The van der Waals surface area contributed by atoms with Gasteiger partial charge in [-0.1, -0.05) is 16.8 Å². The van der Waals surface area contributed by atoms with Crippen molar-refractivity contribution in [3.63, 3.8) is 0 Å². The van der Waals surface area contributed by atoms with Crippen molar-refractivity contribution >= 4 is 11.6 Å². The van der Waals surface area contributed by atoms with Crippen LogP contribution in [0.2, 0.25) is 5.02 Å². The average molecular weight is 451 g/mol. The van der Waals surface area contributed by atoms with E-state index >= 15 is 0 Å². The largest absolute Gasteiger partial charge is 0.493 e. The number of aromatic nitrogens is 4. The summed E-state index contributed by atoms with van der Waals surface area (Å²) in [5.41, 5.74) is 7.03. The fourth-order valence-electron chi connectivity index (χ4n) is 4.79. The number of ether oxygens (including phenoxy) is 2. The van der Waals surface area contributed by atoms with Crippen LogP contribution in [0.5, 0.6) is 11.5 Å². The predicted molar refractivity (Wildman–Crippen MR) is 122 cm³/mol. The van der Waals surface area contributed by atoms with Crippen LogP contribution in [0.15, 0.2) is 35.1 Å². The molecule has 0 radical (unpaired) electrons. The Kier molecular flexibility index (Phi) is 4.93. The number of pyridine rings is 1. The Labute approximate surface area is 191 Å². The molecule has 3 aromatic heterocycles. The molecule has 1 aliphatic rings. The Morgan fingerprint density at radius 2 is 1.88 bits per heavy atom. The number of rotatable bonds is 4. The summed E-state index contributed by atoms with van der Waals surface area (Å²) in [6.45, 7) is 6.12. The molecule has 0 amide bonds. The number of aryl methyl sites for hydroxylation is 1. The molecule has 164 valence electrons. The molecule has 0 saturated heterocycles. The Hall–Kier alpha value is -3.32. The molecule has 1 atom stereocenters. The van der Waals surface area contributed by atoms with E-state index in [1.54, 1.807) is 26.6 Å². The standard InChI is InChI=1S/C24H23ClN4O3/c1-12-10-16-17(11-18(30-4)23(31-5)21(16)25)22-20(24-27-14(3)28-32-24)19(13(2)29(12)22)15-6-8-26-9-7-15/h6-9,11-12H,10H2,1-5H3. The summed E-state index contributed by atoms with van der Waals surface area (Å²) >= 11 is 6.83. The molecule has 1 aromatic carbocycles. The third kappa shape index (κ3) is 2.92. The molecule has 32 heavy (non-hydrogen) atoms. The molecule has 4 heterocycles. The van der Waals surface area contributed by atoms with Gasteiger partial charge in [0.05, 0.1) is 30.5 Å².